The highest BCUT2D eigenvalue weighted by Crippen LogP contribution is 2.15. The van der Waals surface area contributed by atoms with Crippen molar-refractivity contribution in [1.82, 2.24) is 15.0 Å². The monoisotopic (exact) mass is 281 g/mol. The van der Waals surface area contributed by atoms with Crippen LogP contribution in [0, 0.1) is 0 Å². The van der Waals surface area contributed by atoms with E-state index in [1.807, 2.05) is 12.1 Å². The number of hydrazine groups is 1. The second-order valence-electron chi connectivity index (χ2n) is 3.49. The molecule has 0 aliphatic heterocycles. The van der Waals surface area contributed by atoms with Crippen LogP contribution in [0.4, 0.5) is 5.95 Å². The van der Waals surface area contributed by atoms with Gasteiger partial charge in [0.25, 0.3) is 0 Å². The summed E-state index contributed by atoms with van der Waals surface area (Å²) in [4.78, 5) is 11.7. The van der Waals surface area contributed by atoms with Crippen LogP contribution in [0.2, 0.25) is 5.02 Å². The molecule has 2 aromatic rings. The van der Waals surface area contributed by atoms with Crippen LogP contribution in [0.1, 0.15) is 5.56 Å². The number of methoxy groups -OCH3 is 1. The lowest BCUT2D eigenvalue weighted by Crippen LogP contribution is -2.13. The van der Waals surface area contributed by atoms with Crippen molar-refractivity contribution in [3.8, 4) is 12.0 Å². The Kier molecular flexibility index (Phi) is 4.32. The molecule has 0 bridgehead atoms. The Balaban J connectivity index is 2.10. The highest BCUT2D eigenvalue weighted by Gasteiger charge is 2.07. The SMILES string of the molecule is COc1nc(NN)nc(OCc2cccc(Cl)c2)n1. The van der Waals surface area contributed by atoms with Crippen LogP contribution in [0.25, 0.3) is 0 Å². The summed E-state index contributed by atoms with van der Waals surface area (Å²) in [6, 6.07) is 7.52. The maximum Gasteiger partial charge on any atom is 0.324 e. The van der Waals surface area contributed by atoms with Gasteiger partial charge >= 0.3 is 12.0 Å². The molecule has 0 spiro atoms. The van der Waals surface area contributed by atoms with Gasteiger partial charge in [-0.15, -0.1) is 4.98 Å². The summed E-state index contributed by atoms with van der Waals surface area (Å²) in [7, 11) is 1.44. The first-order valence-corrected chi connectivity index (χ1v) is 5.73. The van der Waals surface area contributed by atoms with Gasteiger partial charge in [-0.25, -0.2) is 5.84 Å². The largest absolute Gasteiger partial charge is 0.467 e. The standard InChI is InChI=1S/C11H12ClN5O2/c1-18-10-14-9(17-13)15-11(16-10)19-6-7-3-2-4-8(12)5-7/h2-5H,6,13H2,1H3,(H,14,15,16,17). The summed E-state index contributed by atoms with van der Waals surface area (Å²) in [6.45, 7) is 0.276. The van der Waals surface area contributed by atoms with E-state index >= 15 is 0 Å². The first-order chi connectivity index (χ1) is 9.21. The Morgan fingerprint density at radius 2 is 2.05 bits per heavy atom. The Morgan fingerprint density at radius 3 is 2.74 bits per heavy atom. The number of benzene rings is 1. The van der Waals surface area contributed by atoms with Crippen LogP contribution in [0.5, 0.6) is 12.0 Å². The van der Waals surface area contributed by atoms with Gasteiger partial charge in [-0.05, 0) is 17.7 Å². The summed E-state index contributed by atoms with van der Waals surface area (Å²) in [5.41, 5.74) is 3.20. The molecule has 2 rings (SSSR count). The molecule has 3 N–H and O–H groups in total. The zero-order valence-electron chi connectivity index (χ0n) is 10.1. The third-order valence-electron chi connectivity index (χ3n) is 2.16. The average Bonchev–Trinajstić information content (AvgIpc) is 2.44. The zero-order chi connectivity index (χ0) is 13.7. The van der Waals surface area contributed by atoms with Crippen LogP contribution in [0.15, 0.2) is 24.3 Å². The summed E-state index contributed by atoms with van der Waals surface area (Å²) in [5, 5.41) is 0.638. The molecule has 0 saturated heterocycles. The Labute approximate surface area is 114 Å². The lowest BCUT2D eigenvalue weighted by Gasteiger charge is -2.07. The predicted molar refractivity (Wildman–Crippen MR) is 70.0 cm³/mol. The molecule has 100 valence electrons. The van der Waals surface area contributed by atoms with Crippen molar-refractivity contribution in [2.45, 2.75) is 6.61 Å². The van der Waals surface area contributed by atoms with Crippen LogP contribution in [-0.2, 0) is 6.61 Å². The fraction of sp³-hybridized carbons (Fsp3) is 0.182. The molecular weight excluding hydrogens is 270 g/mol. The van der Waals surface area contributed by atoms with E-state index in [1.165, 1.54) is 7.11 Å². The van der Waals surface area contributed by atoms with Crippen LogP contribution >= 0.6 is 11.6 Å². The second kappa shape index (κ2) is 6.17. The first kappa shape index (κ1) is 13.3. The number of nitrogens with zero attached hydrogens (tertiary/aromatic N) is 3. The molecule has 0 fully saturated rings. The van der Waals surface area contributed by atoms with Gasteiger partial charge in [0.2, 0.25) is 5.95 Å². The van der Waals surface area contributed by atoms with E-state index in [1.54, 1.807) is 12.1 Å². The normalized spacial score (nSPS) is 10.1. The topological polar surface area (TPSA) is 95.2 Å². The summed E-state index contributed by atoms with van der Waals surface area (Å²) in [5.74, 6) is 5.40. The average molecular weight is 282 g/mol. The molecule has 0 atom stereocenters. The smallest absolute Gasteiger partial charge is 0.324 e. The Morgan fingerprint density at radius 1 is 1.26 bits per heavy atom. The number of halogens is 1. The number of hydrogen-bond donors (Lipinski definition) is 2. The van der Waals surface area contributed by atoms with Gasteiger partial charge in [-0.1, -0.05) is 23.7 Å². The molecule has 1 aromatic carbocycles. The summed E-state index contributed by atoms with van der Waals surface area (Å²) < 4.78 is 10.3. The van der Waals surface area contributed by atoms with E-state index in [4.69, 9.17) is 26.9 Å². The van der Waals surface area contributed by atoms with Crippen LogP contribution in [0.3, 0.4) is 0 Å². The lowest BCUT2D eigenvalue weighted by molar-refractivity contribution is 0.271. The molecule has 0 radical (unpaired) electrons. The van der Waals surface area contributed by atoms with Crippen molar-refractivity contribution in [2.24, 2.45) is 5.84 Å². The minimum absolute atomic E-state index is 0.111. The van der Waals surface area contributed by atoms with Crippen molar-refractivity contribution in [3.05, 3.63) is 34.9 Å². The number of nitrogens with one attached hydrogen (secondary N) is 1. The number of hydrogen-bond acceptors (Lipinski definition) is 7. The summed E-state index contributed by atoms with van der Waals surface area (Å²) in [6.07, 6.45) is 0. The molecule has 0 aliphatic rings. The second-order valence-corrected chi connectivity index (χ2v) is 3.93. The van der Waals surface area contributed by atoms with Gasteiger partial charge in [-0.3, -0.25) is 5.43 Å². The number of nitrogen functional groups attached to an aromatic ring is 1. The molecule has 0 saturated carbocycles. The van der Waals surface area contributed by atoms with Gasteiger partial charge in [0.05, 0.1) is 7.11 Å². The van der Waals surface area contributed by atoms with E-state index in [0.717, 1.165) is 5.56 Å². The maximum atomic E-state index is 5.88. The van der Waals surface area contributed by atoms with Gasteiger partial charge in [0.15, 0.2) is 0 Å². The summed E-state index contributed by atoms with van der Waals surface area (Å²) >= 11 is 5.88. The molecule has 7 nitrogen and oxygen atoms in total. The van der Waals surface area contributed by atoms with Crippen molar-refractivity contribution in [1.29, 1.82) is 0 Å². The number of aromatic nitrogens is 3. The van der Waals surface area contributed by atoms with Gasteiger partial charge < -0.3 is 9.47 Å². The van der Waals surface area contributed by atoms with Crippen molar-refractivity contribution in [3.63, 3.8) is 0 Å². The van der Waals surface area contributed by atoms with E-state index in [9.17, 15) is 0 Å². The highest BCUT2D eigenvalue weighted by atomic mass is 35.5. The van der Waals surface area contributed by atoms with E-state index < -0.39 is 0 Å². The van der Waals surface area contributed by atoms with Crippen molar-refractivity contribution in [2.75, 3.05) is 12.5 Å². The molecule has 1 aromatic heterocycles. The van der Waals surface area contributed by atoms with Crippen molar-refractivity contribution >= 4 is 17.5 Å². The van der Waals surface area contributed by atoms with E-state index in [-0.39, 0.29) is 24.6 Å². The predicted octanol–water partition coefficient (Wildman–Crippen LogP) is 1.40. The third-order valence-corrected chi connectivity index (χ3v) is 2.40. The fourth-order valence-electron chi connectivity index (χ4n) is 1.33. The number of rotatable bonds is 5. The van der Waals surface area contributed by atoms with E-state index in [2.05, 4.69) is 20.4 Å². The highest BCUT2D eigenvalue weighted by molar-refractivity contribution is 6.30. The van der Waals surface area contributed by atoms with Crippen molar-refractivity contribution < 1.29 is 9.47 Å². The number of ether oxygens (including phenoxy) is 2. The molecule has 0 aliphatic carbocycles. The van der Waals surface area contributed by atoms with Gasteiger partial charge in [0.1, 0.15) is 6.61 Å². The van der Waals surface area contributed by atoms with Gasteiger partial charge in [-0.2, -0.15) is 9.97 Å². The van der Waals surface area contributed by atoms with E-state index in [0.29, 0.717) is 5.02 Å². The lowest BCUT2D eigenvalue weighted by atomic mass is 10.2. The molecule has 0 amide bonds. The maximum absolute atomic E-state index is 5.88. The molecule has 19 heavy (non-hydrogen) atoms. The minimum atomic E-state index is 0.111. The zero-order valence-corrected chi connectivity index (χ0v) is 10.9. The van der Waals surface area contributed by atoms with Crippen LogP contribution in [-0.4, -0.2) is 22.1 Å². The Hall–Kier alpha value is -2.12. The molecule has 0 unspecified atom stereocenters. The quantitative estimate of drug-likeness (QED) is 0.632. The number of anilines is 1. The fourth-order valence-corrected chi connectivity index (χ4v) is 1.55. The van der Waals surface area contributed by atoms with Gasteiger partial charge in [0, 0.05) is 5.02 Å². The Bertz CT molecular complexity index is 544. The molecular formula is C11H12ClN5O2. The molecule has 8 heteroatoms. The van der Waals surface area contributed by atoms with Crippen LogP contribution < -0.4 is 20.7 Å². The number of nitrogens with two attached hydrogens (primary N) is 1. The third kappa shape index (κ3) is 3.67. The first-order valence-electron chi connectivity index (χ1n) is 5.35. The molecule has 1 heterocycles. The minimum Gasteiger partial charge on any atom is -0.467 e.